The zero-order valence-corrected chi connectivity index (χ0v) is 15.5. The number of aromatic nitrogens is 1. The number of halogens is 1. The third-order valence-corrected chi connectivity index (χ3v) is 6.27. The number of hydrogen-bond donors (Lipinski definition) is 2. The standard InChI is InChI=1S/C16H14ClN3O3S2/c1-23-13-5-2-11(3-6-13)19-12-4-8-15(18-10-12)20-25(21,22)16-9-7-14(17)24-16/h2-10,19H,1H3,(H,18,20). The Labute approximate surface area is 154 Å². The first-order valence-electron chi connectivity index (χ1n) is 7.11. The number of ether oxygens (including phenoxy) is 1. The molecule has 0 aliphatic carbocycles. The van der Waals surface area contributed by atoms with E-state index in [1.165, 1.54) is 12.1 Å². The summed E-state index contributed by atoms with van der Waals surface area (Å²) in [6.45, 7) is 0. The molecule has 0 atom stereocenters. The summed E-state index contributed by atoms with van der Waals surface area (Å²) in [6.07, 6.45) is 1.55. The summed E-state index contributed by atoms with van der Waals surface area (Å²) in [7, 11) is -2.08. The van der Waals surface area contributed by atoms with Gasteiger partial charge in [0.25, 0.3) is 10.0 Å². The second-order valence-corrected chi connectivity index (χ2v) is 8.57. The molecule has 0 bridgehead atoms. The molecule has 2 N–H and O–H groups in total. The first kappa shape index (κ1) is 17.5. The zero-order valence-electron chi connectivity index (χ0n) is 13.1. The van der Waals surface area contributed by atoms with Crippen molar-refractivity contribution in [3.63, 3.8) is 0 Å². The van der Waals surface area contributed by atoms with Crippen LogP contribution < -0.4 is 14.8 Å². The van der Waals surface area contributed by atoms with E-state index in [9.17, 15) is 8.42 Å². The Balaban J connectivity index is 1.69. The fourth-order valence-corrected chi connectivity index (χ4v) is 4.49. The van der Waals surface area contributed by atoms with Gasteiger partial charge in [-0.15, -0.1) is 11.3 Å². The second-order valence-electron chi connectivity index (χ2n) is 4.95. The van der Waals surface area contributed by atoms with Crippen LogP contribution in [0.1, 0.15) is 0 Å². The molecular weight excluding hydrogens is 382 g/mol. The van der Waals surface area contributed by atoms with Gasteiger partial charge in [-0.05, 0) is 48.5 Å². The highest BCUT2D eigenvalue weighted by Crippen LogP contribution is 2.27. The molecule has 1 aromatic carbocycles. The molecular formula is C16H14ClN3O3S2. The molecule has 0 radical (unpaired) electrons. The van der Waals surface area contributed by atoms with Crippen molar-refractivity contribution in [2.24, 2.45) is 0 Å². The van der Waals surface area contributed by atoms with E-state index in [2.05, 4.69) is 15.0 Å². The number of anilines is 3. The normalized spacial score (nSPS) is 11.1. The Kier molecular flexibility index (Phi) is 5.12. The van der Waals surface area contributed by atoms with Crippen LogP contribution in [-0.4, -0.2) is 20.5 Å². The average molecular weight is 396 g/mol. The molecule has 0 aliphatic heterocycles. The summed E-state index contributed by atoms with van der Waals surface area (Å²) in [5.41, 5.74) is 1.59. The molecule has 0 saturated heterocycles. The van der Waals surface area contributed by atoms with E-state index in [1.54, 1.807) is 25.4 Å². The largest absolute Gasteiger partial charge is 0.497 e. The van der Waals surface area contributed by atoms with Crippen LogP contribution in [-0.2, 0) is 10.0 Å². The van der Waals surface area contributed by atoms with E-state index < -0.39 is 10.0 Å². The monoisotopic (exact) mass is 395 g/mol. The lowest BCUT2D eigenvalue weighted by Crippen LogP contribution is -2.12. The molecule has 9 heteroatoms. The molecule has 25 heavy (non-hydrogen) atoms. The maximum absolute atomic E-state index is 12.2. The lowest BCUT2D eigenvalue weighted by molar-refractivity contribution is 0.415. The summed E-state index contributed by atoms with van der Waals surface area (Å²) in [6, 6.07) is 13.7. The summed E-state index contributed by atoms with van der Waals surface area (Å²) in [5, 5.41) is 3.17. The Hall–Kier alpha value is -2.29. The van der Waals surface area contributed by atoms with Gasteiger partial charge in [0.2, 0.25) is 0 Å². The molecule has 0 saturated carbocycles. The average Bonchev–Trinajstić information content (AvgIpc) is 3.05. The maximum Gasteiger partial charge on any atom is 0.272 e. The number of benzene rings is 1. The minimum absolute atomic E-state index is 0.139. The third-order valence-electron chi connectivity index (χ3n) is 3.19. The van der Waals surface area contributed by atoms with Gasteiger partial charge in [0, 0.05) is 5.69 Å². The van der Waals surface area contributed by atoms with Gasteiger partial charge in [0.1, 0.15) is 15.8 Å². The van der Waals surface area contributed by atoms with Gasteiger partial charge in [-0.25, -0.2) is 13.4 Å². The summed E-state index contributed by atoms with van der Waals surface area (Å²) < 4.78 is 32.5. The quantitative estimate of drug-likeness (QED) is 0.648. The number of pyridine rings is 1. The highest BCUT2D eigenvalue weighted by molar-refractivity contribution is 7.94. The highest BCUT2D eigenvalue weighted by Gasteiger charge is 2.17. The molecule has 2 aromatic heterocycles. The van der Waals surface area contributed by atoms with Crippen LogP contribution in [0.4, 0.5) is 17.2 Å². The highest BCUT2D eigenvalue weighted by atomic mass is 35.5. The van der Waals surface area contributed by atoms with E-state index in [1.807, 2.05) is 24.3 Å². The van der Waals surface area contributed by atoms with Crippen molar-refractivity contribution in [1.29, 1.82) is 0 Å². The smallest absolute Gasteiger partial charge is 0.272 e. The van der Waals surface area contributed by atoms with Crippen LogP contribution in [0.2, 0.25) is 4.34 Å². The SMILES string of the molecule is COc1ccc(Nc2ccc(NS(=O)(=O)c3ccc(Cl)s3)nc2)cc1. The lowest BCUT2D eigenvalue weighted by atomic mass is 10.3. The molecule has 0 fully saturated rings. The van der Waals surface area contributed by atoms with Crippen molar-refractivity contribution in [3.05, 3.63) is 59.1 Å². The third kappa shape index (κ3) is 4.41. The molecule has 0 aliphatic rings. The van der Waals surface area contributed by atoms with Crippen LogP contribution in [0.3, 0.4) is 0 Å². The van der Waals surface area contributed by atoms with Crippen molar-refractivity contribution in [2.75, 3.05) is 17.1 Å². The Morgan fingerprint density at radius 3 is 2.32 bits per heavy atom. The summed E-state index contributed by atoms with van der Waals surface area (Å²) in [4.78, 5) is 4.12. The molecule has 2 heterocycles. The van der Waals surface area contributed by atoms with Gasteiger partial charge in [-0.1, -0.05) is 11.6 Å². The molecule has 130 valence electrons. The Bertz CT molecular complexity index is 955. The second kappa shape index (κ2) is 7.30. The fraction of sp³-hybridized carbons (Fsp3) is 0.0625. The zero-order chi connectivity index (χ0) is 17.9. The Morgan fingerprint density at radius 2 is 1.76 bits per heavy atom. The molecule has 3 rings (SSSR count). The van der Waals surface area contributed by atoms with Gasteiger partial charge in [0.05, 0.1) is 23.3 Å². The van der Waals surface area contributed by atoms with Gasteiger partial charge >= 0.3 is 0 Å². The predicted molar refractivity (Wildman–Crippen MR) is 101 cm³/mol. The molecule has 3 aromatic rings. The number of nitrogens with zero attached hydrogens (tertiary/aromatic N) is 1. The van der Waals surface area contributed by atoms with Crippen molar-refractivity contribution < 1.29 is 13.2 Å². The van der Waals surface area contributed by atoms with E-state index in [0.717, 1.165) is 28.5 Å². The van der Waals surface area contributed by atoms with Crippen LogP contribution in [0.5, 0.6) is 5.75 Å². The van der Waals surface area contributed by atoms with Crippen LogP contribution in [0, 0.1) is 0 Å². The first-order chi connectivity index (χ1) is 12.0. The number of nitrogens with one attached hydrogen (secondary N) is 2. The minimum atomic E-state index is -3.68. The van der Waals surface area contributed by atoms with Gasteiger partial charge in [-0.2, -0.15) is 0 Å². The predicted octanol–water partition coefficient (Wildman–Crippen LogP) is 4.35. The van der Waals surface area contributed by atoms with Crippen molar-refractivity contribution >= 4 is 50.2 Å². The molecule has 0 spiro atoms. The van der Waals surface area contributed by atoms with Crippen LogP contribution in [0.25, 0.3) is 0 Å². The van der Waals surface area contributed by atoms with Crippen molar-refractivity contribution in [3.8, 4) is 5.75 Å². The number of hydrogen-bond acceptors (Lipinski definition) is 6. The summed E-state index contributed by atoms with van der Waals surface area (Å²) in [5.74, 6) is 0.993. The van der Waals surface area contributed by atoms with E-state index in [4.69, 9.17) is 16.3 Å². The number of rotatable bonds is 6. The van der Waals surface area contributed by atoms with E-state index in [-0.39, 0.29) is 10.0 Å². The van der Waals surface area contributed by atoms with E-state index in [0.29, 0.717) is 4.34 Å². The van der Waals surface area contributed by atoms with E-state index >= 15 is 0 Å². The minimum Gasteiger partial charge on any atom is -0.497 e. The van der Waals surface area contributed by atoms with Crippen LogP contribution >= 0.6 is 22.9 Å². The van der Waals surface area contributed by atoms with Crippen molar-refractivity contribution in [2.45, 2.75) is 4.21 Å². The number of sulfonamides is 1. The topological polar surface area (TPSA) is 80.3 Å². The van der Waals surface area contributed by atoms with Gasteiger partial charge in [-0.3, -0.25) is 4.72 Å². The van der Waals surface area contributed by atoms with Crippen molar-refractivity contribution in [1.82, 2.24) is 4.98 Å². The van der Waals surface area contributed by atoms with Gasteiger partial charge < -0.3 is 10.1 Å². The number of methoxy groups -OCH3 is 1. The summed E-state index contributed by atoms with van der Waals surface area (Å²) >= 11 is 6.77. The molecule has 6 nitrogen and oxygen atoms in total. The maximum atomic E-state index is 12.2. The first-order valence-corrected chi connectivity index (χ1v) is 9.79. The fourth-order valence-electron chi connectivity index (χ4n) is 2.00. The van der Waals surface area contributed by atoms with Gasteiger partial charge in [0.15, 0.2) is 0 Å². The number of thiophene rings is 1. The molecule has 0 unspecified atom stereocenters. The van der Waals surface area contributed by atoms with Crippen LogP contribution in [0.15, 0.2) is 58.9 Å². The molecule has 0 amide bonds. The Morgan fingerprint density at radius 1 is 1.04 bits per heavy atom. The lowest BCUT2D eigenvalue weighted by Gasteiger charge is -2.09.